The molecule has 2 aromatic carbocycles. The third-order valence-electron chi connectivity index (χ3n) is 7.00. The lowest BCUT2D eigenvalue weighted by molar-refractivity contribution is -0.133. The Hall–Kier alpha value is -3.63. The lowest BCUT2D eigenvalue weighted by Gasteiger charge is -2.31. The maximum absolute atomic E-state index is 13.8. The van der Waals surface area contributed by atoms with Gasteiger partial charge in [-0.3, -0.25) is 9.69 Å². The Labute approximate surface area is 230 Å². The number of ether oxygens (including phenoxy) is 3. The molecule has 1 N–H and O–H groups in total. The van der Waals surface area contributed by atoms with E-state index in [4.69, 9.17) is 19.3 Å². The third kappa shape index (κ3) is 7.48. The SMILES string of the molecule is CCCNC(=O)N(CCN1CCOCC1)CC(=O)N1N=C(c2cccc(OC)c2)C[C@@H]1c1ccc(OC)cc1. The summed E-state index contributed by atoms with van der Waals surface area (Å²) in [6, 6.07) is 14.8. The monoisotopic (exact) mass is 537 g/mol. The van der Waals surface area contributed by atoms with Gasteiger partial charge in [-0.25, -0.2) is 9.80 Å². The van der Waals surface area contributed by atoms with E-state index >= 15 is 0 Å². The molecule has 2 aliphatic heterocycles. The number of nitrogens with one attached hydrogen (secondary N) is 1. The Morgan fingerprint density at radius 1 is 1.08 bits per heavy atom. The van der Waals surface area contributed by atoms with Gasteiger partial charge in [0.05, 0.1) is 39.2 Å². The van der Waals surface area contributed by atoms with E-state index in [2.05, 4.69) is 10.2 Å². The van der Waals surface area contributed by atoms with Gasteiger partial charge in [-0.05, 0) is 36.2 Å². The number of carbonyl (C=O) groups excluding carboxylic acids is 2. The summed E-state index contributed by atoms with van der Waals surface area (Å²) < 4.78 is 16.2. The first-order valence-electron chi connectivity index (χ1n) is 13.5. The highest BCUT2D eigenvalue weighted by molar-refractivity contribution is 6.03. The van der Waals surface area contributed by atoms with E-state index in [0.29, 0.717) is 39.3 Å². The summed E-state index contributed by atoms with van der Waals surface area (Å²) in [4.78, 5) is 30.7. The minimum atomic E-state index is -0.301. The van der Waals surface area contributed by atoms with Crippen molar-refractivity contribution >= 4 is 17.6 Å². The smallest absolute Gasteiger partial charge is 0.317 e. The number of nitrogens with zero attached hydrogens (tertiary/aromatic N) is 4. The van der Waals surface area contributed by atoms with Crippen LogP contribution in [0.3, 0.4) is 0 Å². The summed E-state index contributed by atoms with van der Waals surface area (Å²) in [7, 11) is 3.25. The number of methoxy groups -OCH3 is 2. The van der Waals surface area contributed by atoms with Gasteiger partial charge in [-0.15, -0.1) is 0 Å². The Morgan fingerprint density at radius 3 is 2.51 bits per heavy atom. The highest BCUT2D eigenvalue weighted by atomic mass is 16.5. The fourth-order valence-electron chi connectivity index (χ4n) is 4.72. The zero-order valence-electron chi connectivity index (χ0n) is 23.1. The fraction of sp³-hybridized carbons (Fsp3) is 0.483. The van der Waals surface area contributed by atoms with E-state index in [9.17, 15) is 9.59 Å². The van der Waals surface area contributed by atoms with Crippen molar-refractivity contribution in [1.82, 2.24) is 20.1 Å². The van der Waals surface area contributed by atoms with Crippen LogP contribution in [0.5, 0.6) is 11.5 Å². The van der Waals surface area contributed by atoms with E-state index in [1.54, 1.807) is 19.1 Å². The minimum Gasteiger partial charge on any atom is -0.497 e. The van der Waals surface area contributed by atoms with Crippen molar-refractivity contribution in [2.75, 3.05) is 66.7 Å². The van der Waals surface area contributed by atoms with Gasteiger partial charge in [0.1, 0.15) is 18.0 Å². The number of rotatable bonds is 11. The third-order valence-corrected chi connectivity index (χ3v) is 7.00. The zero-order valence-corrected chi connectivity index (χ0v) is 23.1. The van der Waals surface area contributed by atoms with Crippen molar-refractivity contribution in [3.8, 4) is 11.5 Å². The van der Waals surface area contributed by atoms with Crippen molar-refractivity contribution in [3.05, 3.63) is 59.7 Å². The molecule has 10 nitrogen and oxygen atoms in total. The average Bonchev–Trinajstić information content (AvgIpc) is 3.44. The molecule has 39 heavy (non-hydrogen) atoms. The van der Waals surface area contributed by atoms with Crippen LogP contribution in [-0.2, 0) is 9.53 Å². The minimum absolute atomic E-state index is 0.0680. The molecule has 2 aliphatic rings. The van der Waals surface area contributed by atoms with Crippen LogP contribution in [0.15, 0.2) is 53.6 Å². The molecule has 0 aromatic heterocycles. The Balaban J connectivity index is 1.56. The van der Waals surface area contributed by atoms with Gasteiger partial charge in [0.15, 0.2) is 0 Å². The van der Waals surface area contributed by atoms with Crippen molar-refractivity contribution in [2.24, 2.45) is 5.10 Å². The standard InChI is InChI=1S/C29H39N5O5/c1-4-12-30-29(36)33(14-13-32-15-17-39-18-16-32)21-28(35)34-27(22-8-10-24(37-2)11-9-22)20-26(31-34)23-6-5-7-25(19-23)38-3/h5-11,19,27H,4,12-18,20-21H2,1-3H3,(H,30,36)/t27-/m1/s1. The first-order valence-corrected chi connectivity index (χ1v) is 13.5. The van der Waals surface area contributed by atoms with Crippen molar-refractivity contribution < 1.29 is 23.8 Å². The van der Waals surface area contributed by atoms with Crippen molar-refractivity contribution in [3.63, 3.8) is 0 Å². The molecule has 4 rings (SSSR count). The lowest BCUT2D eigenvalue weighted by atomic mass is 9.98. The maximum atomic E-state index is 13.8. The maximum Gasteiger partial charge on any atom is 0.317 e. The van der Waals surface area contributed by atoms with Crippen LogP contribution in [0.2, 0.25) is 0 Å². The Morgan fingerprint density at radius 2 is 1.82 bits per heavy atom. The van der Waals surface area contributed by atoms with Gasteiger partial charge in [-0.1, -0.05) is 31.2 Å². The van der Waals surface area contributed by atoms with Gasteiger partial charge in [-0.2, -0.15) is 5.10 Å². The molecule has 0 unspecified atom stereocenters. The second kappa shape index (κ2) is 14.0. The van der Waals surface area contributed by atoms with Crippen LogP contribution in [0.4, 0.5) is 4.79 Å². The summed E-state index contributed by atoms with van der Waals surface area (Å²) in [5, 5.41) is 9.25. The molecule has 2 aromatic rings. The number of hydrazone groups is 1. The van der Waals surface area contributed by atoms with E-state index in [-0.39, 0.29) is 24.5 Å². The quantitative estimate of drug-likeness (QED) is 0.473. The van der Waals surface area contributed by atoms with Crippen molar-refractivity contribution in [1.29, 1.82) is 0 Å². The molecule has 0 aliphatic carbocycles. The molecule has 0 spiro atoms. The number of hydrogen-bond donors (Lipinski definition) is 1. The molecule has 210 valence electrons. The summed E-state index contributed by atoms with van der Waals surface area (Å²) in [6.45, 7) is 6.60. The normalized spacial score (nSPS) is 17.5. The lowest BCUT2D eigenvalue weighted by Crippen LogP contribution is -2.49. The molecule has 0 bridgehead atoms. The van der Waals surface area contributed by atoms with Gasteiger partial charge in [0.25, 0.3) is 5.91 Å². The Kier molecular flexibility index (Phi) is 10.2. The molecule has 2 heterocycles. The number of urea groups is 1. The topological polar surface area (TPSA) is 95.9 Å². The molecule has 1 saturated heterocycles. The van der Waals surface area contributed by atoms with E-state index in [0.717, 1.165) is 47.8 Å². The highest BCUT2D eigenvalue weighted by Crippen LogP contribution is 2.34. The summed E-state index contributed by atoms with van der Waals surface area (Å²) in [5.41, 5.74) is 2.63. The summed E-state index contributed by atoms with van der Waals surface area (Å²) in [5.74, 6) is 1.23. The first-order chi connectivity index (χ1) is 19.0. The molecule has 10 heteroatoms. The number of amides is 3. The first kappa shape index (κ1) is 28.4. The van der Waals surface area contributed by atoms with Crippen LogP contribution >= 0.6 is 0 Å². The highest BCUT2D eigenvalue weighted by Gasteiger charge is 2.34. The number of morpholine rings is 1. The molecular weight excluding hydrogens is 498 g/mol. The van der Waals surface area contributed by atoms with Crippen LogP contribution in [-0.4, -0.2) is 99.2 Å². The van der Waals surface area contributed by atoms with E-state index in [1.807, 2.05) is 55.5 Å². The summed E-state index contributed by atoms with van der Waals surface area (Å²) in [6.07, 6.45) is 1.36. The van der Waals surface area contributed by atoms with Crippen LogP contribution in [0.1, 0.15) is 36.9 Å². The molecule has 1 fully saturated rings. The fourth-order valence-corrected chi connectivity index (χ4v) is 4.72. The van der Waals surface area contributed by atoms with Gasteiger partial charge < -0.3 is 24.4 Å². The van der Waals surface area contributed by atoms with Crippen molar-refractivity contribution in [2.45, 2.75) is 25.8 Å². The second-order valence-corrected chi connectivity index (χ2v) is 9.62. The number of benzene rings is 2. The predicted octanol–water partition coefficient (Wildman–Crippen LogP) is 3.14. The predicted molar refractivity (Wildman–Crippen MR) is 149 cm³/mol. The molecule has 0 saturated carbocycles. The van der Waals surface area contributed by atoms with E-state index < -0.39 is 0 Å². The van der Waals surface area contributed by atoms with Gasteiger partial charge in [0.2, 0.25) is 0 Å². The van der Waals surface area contributed by atoms with Gasteiger partial charge >= 0.3 is 6.03 Å². The van der Waals surface area contributed by atoms with E-state index in [1.165, 1.54) is 5.01 Å². The molecule has 3 amide bonds. The van der Waals surface area contributed by atoms with Gasteiger partial charge in [0, 0.05) is 44.7 Å². The number of carbonyl (C=O) groups is 2. The van der Waals surface area contributed by atoms with Crippen LogP contribution in [0.25, 0.3) is 0 Å². The largest absolute Gasteiger partial charge is 0.497 e. The molecular formula is C29H39N5O5. The second-order valence-electron chi connectivity index (χ2n) is 9.62. The average molecular weight is 538 g/mol. The number of hydrogen-bond acceptors (Lipinski definition) is 7. The van der Waals surface area contributed by atoms with Crippen LogP contribution in [0, 0.1) is 0 Å². The molecule has 0 radical (unpaired) electrons. The molecule has 1 atom stereocenters. The zero-order chi connectivity index (χ0) is 27.6. The van der Waals surface area contributed by atoms with Crippen LogP contribution < -0.4 is 14.8 Å². The Bertz CT molecular complexity index is 1130. The summed E-state index contributed by atoms with van der Waals surface area (Å²) >= 11 is 0.